The van der Waals surface area contributed by atoms with Gasteiger partial charge < -0.3 is 15.0 Å². The number of hydrogen-bond donors (Lipinski definition) is 1. The van der Waals surface area contributed by atoms with Crippen LogP contribution in [0.2, 0.25) is 0 Å². The van der Waals surface area contributed by atoms with Gasteiger partial charge in [-0.2, -0.15) is 0 Å². The van der Waals surface area contributed by atoms with Crippen LogP contribution in [0.1, 0.15) is 36.0 Å². The van der Waals surface area contributed by atoms with Crippen LogP contribution in [-0.2, 0) is 17.8 Å². The Bertz CT molecular complexity index is 1250. The Morgan fingerprint density at radius 1 is 1.28 bits per heavy atom. The average Bonchev–Trinajstić information content (AvgIpc) is 3.35. The number of anilines is 1. The lowest BCUT2D eigenvalue weighted by Gasteiger charge is -2.26. The number of benzene rings is 1. The summed E-state index contributed by atoms with van der Waals surface area (Å²) in [6.07, 6.45) is 8.98. The number of hydrogen-bond acceptors (Lipinski definition) is 6. The van der Waals surface area contributed by atoms with E-state index in [1.165, 1.54) is 6.07 Å². The Hall–Kier alpha value is -3.49. The molecule has 0 bridgehead atoms. The highest BCUT2D eigenvalue weighted by Crippen LogP contribution is 2.34. The number of nitrogens with zero attached hydrogens (tertiary/aromatic N) is 5. The van der Waals surface area contributed by atoms with E-state index >= 15 is 0 Å². The van der Waals surface area contributed by atoms with Crippen molar-refractivity contribution < 1.29 is 13.9 Å². The highest BCUT2D eigenvalue weighted by atomic mass is 19.1. The van der Waals surface area contributed by atoms with E-state index in [2.05, 4.69) is 26.6 Å². The quantitative estimate of drug-likeness (QED) is 0.665. The Balaban J connectivity index is 1.24. The Labute approximate surface area is 184 Å². The molecule has 1 fully saturated rings. The molecule has 1 aromatic carbocycles. The van der Waals surface area contributed by atoms with Gasteiger partial charge in [0.05, 0.1) is 6.61 Å². The molecule has 0 radical (unpaired) electrons. The minimum Gasteiger partial charge on any atom is -0.493 e. The maximum atomic E-state index is 14.5. The molecule has 2 aliphatic heterocycles. The first-order valence-corrected chi connectivity index (χ1v) is 11.0. The first-order valence-electron chi connectivity index (χ1n) is 11.0. The van der Waals surface area contributed by atoms with E-state index in [0.717, 1.165) is 41.7 Å². The molecular formula is C23H23FN6O2. The fourth-order valence-corrected chi connectivity index (χ4v) is 4.55. The van der Waals surface area contributed by atoms with Crippen molar-refractivity contribution in [2.24, 2.45) is 5.92 Å². The smallest absolute Gasteiger partial charge is 0.225 e. The number of aromatic nitrogens is 4. The summed E-state index contributed by atoms with van der Waals surface area (Å²) >= 11 is 0. The van der Waals surface area contributed by atoms with Crippen LogP contribution in [0.15, 0.2) is 30.7 Å². The van der Waals surface area contributed by atoms with Crippen LogP contribution < -0.4 is 10.1 Å². The van der Waals surface area contributed by atoms with E-state index in [1.807, 2.05) is 4.90 Å². The second-order valence-corrected chi connectivity index (χ2v) is 8.51. The molecule has 9 heteroatoms. The highest BCUT2D eigenvalue weighted by molar-refractivity contribution is 5.83. The number of carbonyl (C=O) groups excluding carboxylic acids is 1. The molecule has 0 unspecified atom stereocenters. The first kappa shape index (κ1) is 19.2. The molecule has 2 aromatic heterocycles. The topological polar surface area (TPSA) is 84.7 Å². The lowest BCUT2D eigenvalue weighted by Crippen LogP contribution is -2.35. The summed E-state index contributed by atoms with van der Waals surface area (Å²) in [4.78, 5) is 18.8. The summed E-state index contributed by atoms with van der Waals surface area (Å²) in [5.74, 6) is 1.56. The van der Waals surface area contributed by atoms with E-state index in [9.17, 15) is 9.18 Å². The molecule has 1 amide bonds. The molecule has 4 heterocycles. The monoisotopic (exact) mass is 434 g/mol. The molecule has 3 aliphatic rings. The molecule has 0 atom stereocenters. The van der Waals surface area contributed by atoms with Crippen molar-refractivity contribution >= 4 is 23.1 Å². The predicted molar refractivity (Wildman–Crippen MR) is 116 cm³/mol. The van der Waals surface area contributed by atoms with Crippen LogP contribution in [0.4, 0.5) is 10.3 Å². The number of carbonyl (C=O) groups is 1. The minimum atomic E-state index is -0.254. The summed E-state index contributed by atoms with van der Waals surface area (Å²) in [5.41, 5.74) is 4.23. The third-order valence-corrected chi connectivity index (χ3v) is 6.49. The van der Waals surface area contributed by atoms with Crippen molar-refractivity contribution in [2.75, 3.05) is 25.0 Å². The van der Waals surface area contributed by atoms with Crippen LogP contribution in [0.3, 0.4) is 0 Å². The van der Waals surface area contributed by atoms with Crippen LogP contribution >= 0.6 is 0 Å². The molecule has 164 valence electrons. The van der Waals surface area contributed by atoms with E-state index in [-0.39, 0.29) is 17.6 Å². The van der Waals surface area contributed by atoms with Crippen molar-refractivity contribution in [1.82, 2.24) is 24.5 Å². The summed E-state index contributed by atoms with van der Waals surface area (Å²) in [7, 11) is 0. The average molecular weight is 434 g/mol. The Morgan fingerprint density at radius 3 is 3.00 bits per heavy atom. The minimum absolute atomic E-state index is 0.238. The van der Waals surface area contributed by atoms with Gasteiger partial charge in [-0.1, -0.05) is 6.08 Å². The van der Waals surface area contributed by atoms with E-state index in [1.54, 1.807) is 23.0 Å². The van der Waals surface area contributed by atoms with Gasteiger partial charge in [-0.05, 0) is 37.0 Å². The number of amides is 1. The number of nitrogens with one attached hydrogen (secondary N) is 1. The molecule has 0 spiro atoms. The van der Waals surface area contributed by atoms with Gasteiger partial charge in [-0.15, -0.1) is 10.2 Å². The van der Waals surface area contributed by atoms with Crippen LogP contribution in [0.5, 0.6) is 5.75 Å². The van der Waals surface area contributed by atoms with Gasteiger partial charge in [-0.25, -0.2) is 9.37 Å². The van der Waals surface area contributed by atoms with Crippen LogP contribution in [0, 0.1) is 11.7 Å². The fourth-order valence-electron chi connectivity index (χ4n) is 4.55. The van der Waals surface area contributed by atoms with Gasteiger partial charge in [0.2, 0.25) is 11.9 Å². The number of halogens is 1. The predicted octanol–water partition coefficient (Wildman–Crippen LogP) is 2.84. The SMILES string of the molecule is O=C(C1CC1)N1CC=C(c2cnc(NCc3c(F)ccc4c3CCO4)n3cnnc23)CC1. The number of fused-ring (bicyclic) bond motifs is 2. The van der Waals surface area contributed by atoms with Gasteiger partial charge >= 0.3 is 0 Å². The summed E-state index contributed by atoms with van der Waals surface area (Å²) in [5, 5.41) is 11.6. The zero-order valence-corrected chi connectivity index (χ0v) is 17.6. The third-order valence-electron chi connectivity index (χ3n) is 6.49. The molecule has 32 heavy (non-hydrogen) atoms. The zero-order chi connectivity index (χ0) is 21.7. The largest absolute Gasteiger partial charge is 0.493 e. The van der Waals surface area contributed by atoms with Crippen molar-refractivity contribution in [1.29, 1.82) is 0 Å². The molecule has 1 N–H and O–H groups in total. The van der Waals surface area contributed by atoms with Gasteiger partial charge in [0.1, 0.15) is 17.9 Å². The first-order chi connectivity index (χ1) is 15.7. The molecule has 0 saturated heterocycles. The van der Waals surface area contributed by atoms with Crippen LogP contribution in [-0.4, -0.2) is 50.1 Å². The second-order valence-electron chi connectivity index (χ2n) is 8.51. The van der Waals surface area contributed by atoms with Gasteiger partial charge in [-0.3, -0.25) is 9.20 Å². The summed E-state index contributed by atoms with van der Waals surface area (Å²) in [6.45, 7) is 2.19. The second kappa shape index (κ2) is 7.58. The summed E-state index contributed by atoms with van der Waals surface area (Å²) < 4.78 is 21.8. The van der Waals surface area contributed by atoms with E-state index in [0.29, 0.717) is 49.8 Å². The van der Waals surface area contributed by atoms with Crippen molar-refractivity contribution in [2.45, 2.75) is 32.2 Å². The maximum Gasteiger partial charge on any atom is 0.225 e. The van der Waals surface area contributed by atoms with Crippen LogP contribution in [0.25, 0.3) is 11.2 Å². The van der Waals surface area contributed by atoms with Crippen molar-refractivity contribution in [3.05, 3.63) is 53.2 Å². The molecule has 1 aliphatic carbocycles. The lowest BCUT2D eigenvalue weighted by atomic mass is 10.0. The maximum absolute atomic E-state index is 14.5. The van der Waals surface area contributed by atoms with Gasteiger partial charge in [0.15, 0.2) is 5.65 Å². The van der Waals surface area contributed by atoms with Gasteiger partial charge in [0.25, 0.3) is 0 Å². The fraction of sp³-hybridized carbons (Fsp3) is 0.391. The Morgan fingerprint density at radius 2 is 2.19 bits per heavy atom. The van der Waals surface area contributed by atoms with E-state index < -0.39 is 0 Å². The zero-order valence-electron chi connectivity index (χ0n) is 17.6. The van der Waals surface area contributed by atoms with Crippen molar-refractivity contribution in [3.63, 3.8) is 0 Å². The highest BCUT2D eigenvalue weighted by Gasteiger charge is 2.34. The summed E-state index contributed by atoms with van der Waals surface area (Å²) in [6, 6.07) is 3.13. The standard InChI is InChI=1S/C23H23FN6O2/c24-19-3-4-20-16(7-10-32-20)18(19)12-26-23-25-11-17(21-28-27-13-30(21)23)14-5-8-29(9-6-14)22(31)15-1-2-15/h3-5,11,13,15H,1-2,6-10,12H2,(H,25,26). The number of rotatable bonds is 5. The van der Waals surface area contributed by atoms with Crippen molar-refractivity contribution in [3.8, 4) is 5.75 Å². The lowest BCUT2D eigenvalue weighted by molar-refractivity contribution is -0.132. The number of ether oxygens (including phenoxy) is 1. The molecular weight excluding hydrogens is 411 g/mol. The Kier molecular flexibility index (Phi) is 4.55. The van der Waals surface area contributed by atoms with E-state index in [4.69, 9.17) is 4.74 Å². The third kappa shape index (κ3) is 3.28. The molecule has 6 rings (SSSR count). The normalized spacial score (nSPS) is 17.8. The molecule has 3 aromatic rings. The molecule has 8 nitrogen and oxygen atoms in total. The molecule has 1 saturated carbocycles. The van der Waals surface area contributed by atoms with Gasteiger partial charge in [0, 0.05) is 54.9 Å².